The second-order valence-electron chi connectivity index (χ2n) is 11.4. The Labute approximate surface area is 246 Å². The number of halogens is 1. The lowest BCUT2D eigenvalue weighted by Crippen LogP contribution is -2.62. The zero-order chi connectivity index (χ0) is 29.8. The molecule has 13 heteroatoms. The second kappa shape index (κ2) is 11.1. The van der Waals surface area contributed by atoms with Crippen LogP contribution in [0.1, 0.15) is 71.7 Å². The van der Waals surface area contributed by atoms with Crippen LogP contribution in [0.2, 0.25) is 0 Å². The van der Waals surface area contributed by atoms with E-state index < -0.39 is 31.5 Å². The molecule has 3 fully saturated rings. The summed E-state index contributed by atoms with van der Waals surface area (Å²) in [6, 6.07) is 8.20. The zero-order valence-corrected chi connectivity index (χ0v) is 24.6. The Morgan fingerprint density at radius 1 is 1.17 bits per heavy atom. The third kappa shape index (κ3) is 5.25. The summed E-state index contributed by atoms with van der Waals surface area (Å²) in [4.78, 5) is 67.2. The average molecular weight is 615 g/mol. The van der Waals surface area contributed by atoms with Crippen molar-refractivity contribution in [3.05, 3.63) is 64.8 Å². The number of nitrogens with zero attached hydrogens (tertiary/aromatic N) is 3. The first-order valence-corrected chi connectivity index (χ1v) is 16.6. The van der Waals surface area contributed by atoms with Crippen LogP contribution < -0.4 is 5.32 Å². The highest BCUT2D eigenvalue weighted by molar-refractivity contribution is 7.51. The number of carbonyl (C=O) groups excluding carboxylic acids is 3. The minimum Gasteiger partial charge on any atom is -0.340 e. The van der Waals surface area contributed by atoms with Crippen LogP contribution in [0.25, 0.3) is 10.1 Å². The number of alkyl halides is 1. The van der Waals surface area contributed by atoms with E-state index in [9.17, 15) is 33.1 Å². The van der Waals surface area contributed by atoms with Crippen LogP contribution >= 0.6 is 18.9 Å². The molecule has 0 spiro atoms. The van der Waals surface area contributed by atoms with Crippen LogP contribution in [0.15, 0.2) is 48.8 Å². The number of benzene rings is 1. The van der Waals surface area contributed by atoms with Gasteiger partial charge >= 0.3 is 7.60 Å². The number of pyridine rings is 1. The van der Waals surface area contributed by atoms with Gasteiger partial charge in [-0.1, -0.05) is 12.1 Å². The molecule has 10 nitrogen and oxygen atoms in total. The Kier molecular flexibility index (Phi) is 7.67. The first-order valence-electron chi connectivity index (χ1n) is 14.1. The van der Waals surface area contributed by atoms with Crippen molar-refractivity contribution in [3.63, 3.8) is 0 Å². The van der Waals surface area contributed by atoms with Gasteiger partial charge in [0, 0.05) is 41.6 Å². The molecule has 1 aromatic carbocycles. The van der Waals surface area contributed by atoms with Gasteiger partial charge in [0.15, 0.2) is 0 Å². The molecule has 6 atom stereocenters. The summed E-state index contributed by atoms with van der Waals surface area (Å²) < 4.78 is 26.2. The summed E-state index contributed by atoms with van der Waals surface area (Å²) in [6.07, 6.45) is 6.86. The number of likely N-dealkylation sites (tertiary alicyclic amines) is 1. The highest BCUT2D eigenvalue weighted by atomic mass is 32.1. The standard InChI is InChI=1S/C29H32FN4O6PS/c1-16-21(18-4-3-11-31-14-18)15-33(16)29(37)23-9-8-20-5-2-6-22(28(36)34(20)23)32-27(35)25-13-19-12-17(7-10-24(19)42-25)26(30)41(38,39)40/h3-4,7,10-14,16,20-23,26H,2,5-6,8-9,15H2,1H3,(H,32,35)(H2,38,39,40)/t16-,20-,21+,22-,23-,26?/m0/s1. The van der Waals surface area contributed by atoms with Crippen molar-refractivity contribution in [2.45, 2.75) is 75.0 Å². The molecule has 3 aliphatic heterocycles. The van der Waals surface area contributed by atoms with Crippen LogP contribution in [0, 0.1) is 0 Å². The summed E-state index contributed by atoms with van der Waals surface area (Å²) in [5.74, 6) is -3.00. The van der Waals surface area contributed by atoms with Crippen molar-refractivity contribution in [2.24, 2.45) is 0 Å². The molecular weight excluding hydrogens is 582 g/mol. The van der Waals surface area contributed by atoms with Gasteiger partial charge in [-0.15, -0.1) is 11.3 Å². The van der Waals surface area contributed by atoms with Crippen LogP contribution in [-0.4, -0.2) is 73.0 Å². The fraction of sp³-hybridized carbons (Fsp3) is 0.448. The van der Waals surface area contributed by atoms with Crippen LogP contribution in [-0.2, 0) is 14.2 Å². The predicted molar refractivity (Wildman–Crippen MR) is 155 cm³/mol. The summed E-state index contributed by atoms with van der Waals surface area (Å²) in [5.41, 5.74) is 0.925. The van der Waals surface area contributed by atoms with Gasteiger partial charge < -0.3 is 24.9 Å². The number of thiophene rings is 1. The monoisotopic (exact) mass is 614 g/mol. The first-order chi connectivity index (χ1) is 20.0. The molecule has 3 N–H and O–H groups in total. The van der Waals surface area contributed by atoms with Crippen molar-refractivity contribution in [2.75, 3.05) is 6.54 Å². The van der Waals surface area contributed by atoms with E-state index in [0.717, 1.165) is 36.2 Å². The Hall–Kier alpha value is -3.18. The van der Waals surface area contributed by atoms with Crippen LogP contribution in [0.4, 0.5) is 4.39 Å². The van der Waals surface area contributed by atoms with Crippen molar-refractivity contribution in [1.29, 1.82) is 0 Å². The zero-order valence-electron chi connectivity index (χ0n) is 22.9. The molecule has 0 radical (unpaired) electrons. The lowest BCUT2D eigenvalue weighted by atomic mass is 9.83. The van der Waals surface area contributed by atoms with E-state index in [1.54, 1.807) is 11.1 Å². The second-order valence-corrected chi connectivity index (χ2v) is 14.1. The van der Waals surface area contributed by atoms with Gasteiger partial charge in [0.1, 0.15) is 12.1 Å². The number of amides is 3. The molecule has 3 amide bonds. The lowest BCUT2D eigenvalue weighted by molar-refractivity contribution is -0.151. The van der Waals surface area contributed by atoms with E-state index in [-0.39, 0.29) is 35.4 Å². The quantitative estimate of drug-likeness (QED) is 0.355. The molecule has 3 saturated heterocycles. The molecule has 0 aliphatic carbocycles. The number of hydrogen-bond donors (Lipinski definition) is 3. The minimum atomic E-state index is -4.97. The van der Waals surface area contributed by atoms with Crippen molar-refractivity contribution < 1.29 is 33.1 Å². The highest BCUT2D eigenvalue weighted by Crippen LogP contribution is 2.53. The molecule has 3 aliphatic rings. The van der Waals surface area contributed by atoms with E-state index in [0.29, 0.717) is 34.3 Å². The number of nitrogens with one attached hydrogen (secondary N) is 1. The molecule has 222 valence electrons. The van der Waals surface area contributed by atoms with E-state index in [2.05, 4.69) is 10.3 Å². The van der Waals surface area contributed by atoms with E-state index in [1.165, 1.54) is 24.3 Å². The molecule has 6 rings (SSSR count). The predicted octanol–water partition coefficient (Wildman–Crippen LogP) is 4.10. The van der Waals surface area contributed by atoms with Gasteiger partial charge in [0.2, 0.25) is 17.7 Å². The normalized spacial score (nSPS) is 26.9. The fourth-order valence-corrected chi connectivity index (χ4v) is 8.05. The van der Waals surface area contributed by atoms with Crippen molar-refractivity contribution in [1.82, 2.24) is 20.1 Å². The number of rotatable bonds is 6. The van der Waals surface area contributed by atoms with Crippen molar-refractivity contribution in [3.8, 4) is 0 Å². The summed E-state index contributed by atoms with van der Waals surface area (Å²) in [6.45, 7) is 2.60. The molecule has 0 saturated carbocycles. The largest absolute Gasteiger partial charge is 0.363 e. The van der Waals surface area contributed by atoms with E-state index in [4.69, 9.17) is 0 Å². The summed E-state index contributed by atoms with van der Waals surface area (Å²) in [5, 5.41) is 3.34. The van der Waals surface area contributed by atoms with Crippen LogP contribution in [0.3, 0.4) is 0 Å². The number of fused-ring (bicyclic) bond motifs is 2. The van der Waals surface area contributed by atoms with Gasteiger partial charge in [0.05, 0.1) is 4.88 Å². The van der Waals surface area contributed by atoms with Crippen molar-refractivity contribution >= 4 is 46.7 Å². The lowest BCUT2D eigenvalue weighted by Gasteiger charge is -2.48. The number of hydrogen-bond acceptors (Lipinski definition) is 6. The van der Waals surface area contributed by atoms with Gasteiger partial charge in [-0.3, -0.25) is 23.9 Å². The Bertz CT molecular complexity index is 1580. The maximum atomic E-state index is 14.2. The first kappa shape index (κ1) is 28.9. The van der Waals surface area contributed by atoms with Gasteiger partial charge in [-0.25, -0.2) is 4.39 Å². The molecule has 3 aromatic rings. The van der Waals surface area contributed by atoms with E-state index in [1.807, 2.05) is 30.2 Å². The topological polar surface area (TPSA) is 140 Å². The molecule has 2 aromatic heterocycles. The molecular formula is C29H32FN4O6PS. The SMILES string of the molecule is C[C@H]1[C@H](c2cccnc2)CN1C(=O)[C@@H]1CC[C@@H]2CCC[C@H](NC(=O)c3cc4cc(C(F)P(=O)(O)O)ccc4s3)C(=O)N21. The number of carbonyl (C=O) groups is 3. The smallest absolute Gasteiger partial charge is 0.340 e. The van der Waals surface area contributed by atoms with Gasteiger partial charge in [-0.2, -0.15) is 0 Å². The summed E-state index contributed by atoms with van der Waals surface area (Å²) in [7, 11) is -4.97. The third-order valence-corrected chi connectivity index (χ3v) is 10.9. The van der Waals surface area contributed by atoms with E-state index >= 15 is 0 Å². The number of aromatic nitrogens is 1. The molecule has 1 unspecified atom stereocenters. The molecule has 5 heterocycles. The highest BCUT2D eigenvalue weighted by Gasteiger charge is 2.49. The Morgan fingerprint density at radius 2 is 1.98 bits per heavy atom. The molecule has 42 heavy (non-hydrogen) atoms. The Morgan fingerprint density at radius 3 is 2.69 bits per heavy atom. The van der Waals surface area contributed by atoms with Gasteiger partial charge in [-0.05, 0) is 79.8 Å². The minimum absolute atomic E-state index is 0.00109. The third-order valence-electron chi connectivity index (χ3n) is 8.87. The average Bonchev–Trinajstić information content (AvgIpc) is 3.55. The maximum absolute atomic E-state index is 14.2. The molecule has 0 bridgehead atoms. The maximum Gasteiger partial charge on any atom is 0.363 e. The van der Waals surface area contributed by atoms with Gasteiger partial charge in [0.25, 0.3) is 5.91 Å². The van der Waals surface area contributed by atoms with Crippen LogP contribution in [0.5, 0.6) is 0 Å². The summed E-state index contributed by atoms with van der Waals surface area (Å²) >= 11 is 1.15. The fourth-order valence-electron chi connectivity index (χ4n) is 6.55. The Balaban J connectivity index is 1.15.